The molecule has 11 atom stereocenters. The molecule has 75 heavy (non-hydrogen) atoms. The van der Waals surface area contributed by atoms with Gasteiger partial charge in [0.25, 0.3) is 0 Å². The van der Waals surface area contributed by atoms with Crippen LogP contribution < -0.4 is 0 Å². The molecule has 2 fully saturated rings. The van der Waals surface area contributed by atoms with E-state index in [0.29, 0.717) is 13.0 Å². The first-order valence-corrected chi connectivity index (χ1v) is 31.3. The normalized spacial score (nSPS) is 24.6. The Balaban J connectivity index is 1.67. The van der Waals surface area contributed by atoms with Crippen molar-refractivity contribution in [2.75, 3.05) is 33.0 Å². The Bertz CT molecular complexity index is 1290. The SMILES string of the molecule is CCCCCCCC/C=C\CCCCCCCCCC(=O)OC(COCCCCCCCCCCCCCCCCCCCCCCCCCC)COC1OC(COC2OC(CO)C(O)C(O)C2O)C(O)C(O)C1O. The van der Waals surface area contributed by atoms with E-state index in [0.717, 1.165) is 44.9 Å². The molecule has 0 saturated carbocycles. The maximum Gasteiger partial charge on any atom is 0.306 e. The highest BCUT2D eigenvalue weighted by molar-refractivity contribution is 5.69. The van der Waals surface area contributed by atoms with Crippen molar-refractivity contribution in [2.24, 2.45) is 0 Å². The van der Waals surface area contributed by atoms with Crippen LogP contribution in [0.15, 0.2) is 12.2 Å². The summed E-state index contributed by atoms with van der Waals surface area (Å²) in [6.07, 6.45) is 38.5. The fraction of sp³-hybridized carbons (Fsp3) is 0.951. The van der Waals surface area contributed by atoms with Crippen molar-refractivity contribution in [3.8, 4) is 0 Å². The molecule has 11 unspecified atom stereocenters. The Kier molecular flexibility index (Phi) is 45.3. The lowest BCUT2D eigenvalue weighted by Crippen LogP contribution is -2.61. The average Bonchev–Trinajstić information content (AvgIpc) is 3.41. The molecule has 2 aliphatic heterocycles. The maximum absolute atomic E-state index is 13.1. The van der Waals surface area contributed by atoms with Gasteiger partial charge in [0.1, 0.15) is 54.9 Å². The number of hydrogen-bond donors (Lipinski definition) is 7. The van der Waals surface area contributed by atoms with Gasteiger partial charge in [-0.3, -0.25) is 4.79 Å². The predicted molar refractivity (Wildman–Crippen MR) is 298 cm³/mol. The zero-order chi connectivity index (χ0) is 54.4. The van der Waals surface area contributed by atoms with E-state index < -0.39 is 80.7 Å². The van der Waals surface area contributed by atoms with Crippen molar-refractivity contribution in [2.45, 2.75) is 338 Å². The molecule has 0 radical (unpaired) electrons. The summed E-state index contributed by atoms with van der Waals surface area (Å²) in [6, 6.07) is 0. The Hall–Kier alpha value is -1.27. The number of aliphatic hydroxyl groups is 7. The van der Waals surface area contributed by atoms with Gasteiger partial charge < -0.3 is 64.2 Å². The smallest absolute Gasteiger partial charge is 0.306 e. The van der Waals surface area contributed by atoms with Crippen molar-refractivity contribution in [1.82, 2.24) is 0 Å². The van der Waals surface area contributed by atoms with Gasteiger partial charge in [-0.1, -0.05) is 238 Å². The fourth-order valence-electron chi connectivity index (χ4n) is 10.2. The molecule has 0 amide bonds. The zero-order valence-electron chi connectivity index (χ0n) is 47.8. The van der Waals surface area contributed by atoms with Crippen LogP contribution in [0.2, 0.25) is 0 Å². The molecule has 2 saturated heterocycles. The number of ether oxygens (including phenoxy) is 6. The molecule has 0 spiro atoms. The molecule has 0 aliphatic carbocycles. The monoisotopic (exact) mass is 1070 g/mol. The predicted octanol–water partition coefficient (Wildman–Crippen LogP) is 11.8. The van der Waals surface area contributed by atoms with Gasteiger partial charge in [-0.2, -0.15) is 0 Å². The molecule has 7 N–H and O–H groups in total. The molecule has 0 aromatic heterocycles. The topological polar surface area (TPSA) is 214 Å². The van der Waals surface area contributed by atoms with Gasteiger partial charge in [-0.05, 0) is 38.5 Å². The first-order chi connectivity index (χ1) is 36.6. The van der Waals surface area contributed by atoms with Crippen molar-refractivity contribution in [3.63, 3.8) is 0 Å². The van der Waals surface area contributed by atoms with Crippen LogP contribution in [0.3, 0.4) is 0 Å². The van der Waals surface area contributed by atoms with Crippen LogP contribution in [0.25, 0.3) is 0 Å². The maximum atomic E-state index is 13.1. The van der Waals surface area contributed by atoms with Crippen molar-refractivity contribution in [3.05, 3.63) is 12.2 Å². The minimum absolute atomic E-state index is 0.0664. The summed E-state index contributed by atoms with van der Waals surface area (Å²) >= 11 is 0. The lowest BCUT2D eigenvalue weighted by Gasteiger charge is -2.42. The number of esters is 1. The van der Waals surface area contributed by atoms with Gasteiger partial charge in [0.15, 0.2) is 12.6 Å². The van der Waals surface area contributed by atoms with Gasteiger partial charge >= 0.3 is 5.97 Å². The van der Waals surface area contributed by atoms with Crippen LogP contribution in [0.5, 0.6) is 0 Å². The molecule has 0 aromatic rings. The molecule has 0 bridgehead atoms. The number of aliphatic hydroxyl groups excluding tert-OH is 7. The first-order valence-electron chi connectivity index (χ1n) is 31.3. The number of carbonyl (C=O) groups excluding carboxylic acids is 1. The lowest BCUT2D eigenvalue weighted by molar-refractivity contribution is -0.332. The van der Waals surface area contributed by atoms with Gasteiger partial charge in [0, 0.05) is 13.0 Å². The molecule has 14 nitrogen and oxygen atoms in total. The first kappa shape index (κ1) is 69.8. The zero-order valence-corrected chi connectivity index (χ0v) is 47.8. The summed E-state index contributed by atoms with van der Waals surface area (Å²) in [4.78, 5) is 13.1. The van der Waals surface area contributed by atoms with Gasteiger partial charge in [-0.25, -0.2) is 0 Å². The van der Waals surface area contributed by atoms with Crippen LogP contribution in [0.4, 0.5) is 0 Å². The Morgan fingerprint density at radius 1 is 0.427 bits per heavy atom. The molecular weight excluding hydrogens is 957 g/mol. The van der Waals surface area contributed by atoms with Crippen molar-refractivity contribution < 1.29 is 69.0 Å². The quantitative estimate of drug-likeness (QED) is 0.0172. The number of allylic oxidation sites excluding steroid dienone is 2. The van der Waals surface area contributed by atoms with Crippen LogP contribution in [-0.4, -0.2) is 142 Å². The molecule has 2 aliphatic rings. The van der Waals surface area contributed by atoms with Crippen LogP contribution >= 0.6 is 0 Å². The Morgan fingerprint density at radius 3 is 1.21 bits per heavy atom. The molecule has 444 valence electrons. The second-order valence-corrected chi connectivity index (χ2v) is 22.2. The van der Waals surface area contributed by atoms with E-state index in [2.05, 4.69) is 26.0 Å². The van der Waals surface area contributed by atoms with Crippen LogP contribution in [0, 0.1) is 0 Å². The molecular formula is C61H116O14. The van der Waals surface area contributed by atoms with E-state index in [9.17, 15) is 40.5 Å². The minimum Gasteiger partial charge on any atom is -0.457 e. The fourth-order valence-corrected chi connectivity index (χ4v) is 10.2. The van der Waals surface area contributed by atoms with E-state index in [1.807, 2.05) is 0 Å². The molecule has 2 heterocycles. The van der Waals surface area contributed by atoms with Crippen LogP contribution in [-0.2, 0) is 33.2 Å². The number of carbonyl (C=O) groups is 1. The summed E-state index contributed by atoms with van der Waals surface area (Å²) in [5, 5.41) is 72.4. The van der Waals surface area contributed by atoms with E-state index >= 15 is 0 Å². The second-order valence-electron chi connectivity index (χ2n) is 22.2. The average molecular weight is 1070 g/mol. The third-order valence-electron chi connectivity index (χ3n) is 15.3. The second kappa shape index (κ2) is 48.6. The highest BCUT2D eigenvalue weighted by Crippen LogP contribution is 2.27. The third kappa shape index (κ3) is 35.2. The molecule has 14 heteroatoms. The number of rotatable bonds is 52. The summed E-state index contributed by atoms with van der Waals surface area (Å²) in [7, 11) is 0. The molecule has 2 rings (SSSR count). The summed E-state index contributed by atoms with van der Waals surface area (Å²) < 4.78 is 34.5. The van der Waals surface area contributed by atoms with Crippen molar-refractivity contribution >= 4 is 5.97 Å². The van der Waals surface area contributed by atoms with E-state index in [1.54, 1.807) is 0 Å². The highest BCUT2D eigenvalue weighted by atomic mass is 16.7. The number of unbranched alkanes of at least 4 members (excludes halogenated alkanes) is 36. The van der Waals surface area contributed by atoms with E-state index in [1.165, 1.54) is 199 Å². The minimum atomic E-state index is -1.70. The molecule has 0 aromatic carbocycles. The highest BCUT2D eigenvalue weighted by Gasteiger charge is 2.47. The van der Waals surface area contributed by atoms with E-state index in [-0.39, 0.29) is 25.6 Å². The Labute approximate surface area is 456 Å². The summed E-state index contributed by atoms with van der Waals surface area (Å²) in [5.74, 6) is -0.374. The van der Waals surface area contributed by atoms with Gasteiger partial charge in [0.2, 0.25) is 0 Å². The summed E-state index contributed by atoms with van der Waals surface area (Å²) in [6.45, 7) is 3.75. The Morgan fingerprint density at radius 2 is 0.787 bits per heavy atom. The van der Waals surface area contributed by atoms with Gasteiger partial charge in [0.05, 0.1) is 26.4 Å². The third-order valence-corrected chi connectivity index (χ3v) is 15.3. The number of hydrogen-bond acceptors (Lipinski definition) is 14. The standard InChI is InChI=1S/C61H116O14/c1-3-5-7-9-11-13-15-17-19-21-22-23-24-25-26-27-29-31-33-35-37-39-41-43-45-70-47-50(73-53(63)44-42-40-38-36-34-32-30-28-20-18-16-14-12-10-8-6-4-2)48-71-60-59(69)57(67)55(65)52(75-60)49-72-61-58(68)56(66)54(64)51(46-62)74-61/h18,20,50-52,54-62,64-69H,3-17,19,21-49H2,1-2H3/b20-18-. The largest absolute Gasteiger partial charge is 0.457 e. The van der Waals surface area contributed by atoms with Crippen LogP contribution in [0.1, 0.15) is 271 Å². The van der Waals surface area contributed by atoms with Gasteiger partial charge in [-0.15, -0.1) is 0 Å². The van der Waals surface area contributed by atoms with Crippen molar-refractivity contribution in [1.29, 1.82) is 0 Å². The lowest BCUT2D eigenvalue weighted by atomic mass is 9.98. The summed E-state index contributed by atoms with van der Waals surface area (Å²) in [5.41, 5.74) is 0. The van der Waals surface area contributed by atoms with E-state index in [4.69, 9.17) is 28.4 Å².